The Balaban J connectivity index is 1.93. The predicted octanol–water partition coefficient (Wildman–Crippen LogP) is 2.99. The first-order valence-corrected chi connectivity index (χ1v) is 10.1. The summed E-state index contributed by atoms with van der Waals surface area (Å²) in [6.45, 7) is 9.70. The molecular weight excluding hydrogens is 364 g/mol. The van der Waals surface area contributed by atoms with Gasteiger partial charge in [0.2, 0.25) is 0 Å². The van der Waals surface area contributed by atoms with Crippen LogP contribution in [-0.2, 0) is 20.2 Å². The molecule has 0 radical (unpaired) electrons. The Hall–Kier alpha value is -2.38. The lowest BCUT2D eigenvalue weighted by Crippen LogP contribution is -2.43. The van der Waals surface area contributed by atoms with Gasteiger partial charge in [-0.25, -0.2) is 8.42 Å². The molecule has 7 heteroatoms. The second-order valence-electron chi connectivity index (χ2n) is 7.54. The molecule has 2 aromatic carbocycles. The van der Waals surface area contributed by atoms with Crippen molar-refractivity contribution in [2.45, 2.75) is 44.9 Å². The fourth-order valence-electron chi connectivity index (χ4n) is 2.52. The summed E-state index contributed by atoms with van der Waals surface area (Å²) in [7, 11) is -3.85. The second-order valence-corrected chi connectivity index (χ2v) is 9.22. The minimum Gasteiger partial charge on any atom is -0.484 e. The number of rotatable bonds is 6. The van der Waals surface area contributed by atoms with Crippen LogP contribution in [0.3, 0.4) is 0 Å². The van der Waals surface area contributed by atoms with E-state index in [-0.39, 0.29) is 16.9 Å². The van der Waals surface area contributed by atoms with E-state index in [9.17, 15) is 13.2 Å². The van der Waals surface area contributed by atoms with E-state index in [4.69, 9.17) is 4.74 Å². The van der Waals surface area contributed by atoms with E-state index in [1.807, 2.05) is 40.7 Å². The van der Waals surface area contributed by atoms with Gasteiger partial charge in [0, 0.05) is 0 Å². The van der Waals surface area contributed by atoms with Crippen LogP contribution >= 0.6 is 0 Å². The van der Waals surface area contributed by atoms with Crippen LogP contribution in [0.25, 0.3) is 0 Å². The molecular formula is C20H26N2O4S. The summed E-state index contributed by atoms with van der Waals surface area (Å²) in [5, 5.41) is 0. The summed E-state index contributed by atoms with van der Waals surface area (Å²) in [6.07, 6.45) is 0. The van der Waals surface area contributed by atoms with Crippen LogP contribution in [0.5, 0.6) is 5.75 Å². The third-order valence-electron chi connectivity index (χ3n) is 3.92. The van der Waals surface area contributed by atoms with Gasteiger partial charge in [0.15, 0.2) is 6.61 Å². The third-order valence-corrected chi connectivity index (χ3v) is 5.18. The average Bonchev–Trinajstić information content (AvgIpc) is 2.57. The molecule has 0 aromatic heterocycles. The number of benzene rings is 2. The largest absolute Gasteiger partial charge is 0.484 e. The first-order valence-electron chi connectivity index (χ1n) is 8.60. The summed E-state index contributed by atoms with van der Waals surface area (Å²) in [5.74, 6) is -0.0349. The normalized spacial score (nSPS) is 11.9. The van der Waals surface area contributed by atoms with E-state index >= 15 is 0 Å². The van der Waals surface area contributed by atoms with Crippen LogP contribution in [0.2, 0.25) is 0 Å². The van der Waals surface area contributed by atoms with E-state index in [0.717, 1.165) is 16.7 Å². The van der Waals surface area contributed by atoms with E-state index in [2.05, 4.69) is 10.3 Å². The van der Waals surface area contributed by atoms with Crippen molar-refractivity contribution in [2.24, 2.45) is 0 Å². The number of carbonyl (C=O) groups is 1. The number of hydrogen-bond donors (Lipinski definition) is 2. The zero-order chi connectivity index (χ0) is 20.2. The van der Waals surface area contributed by atoms with Crippen molar-refractivity contribution < 1.29 is 17.9 Å². The van der Waals surface area contributed by atoms with Gasteiger partial charge in [0.25, 0.3) is 15.9 Å². The molecule has 0 spiro atoms. The minimum atomic E-state index is -3.85. The molecule has 0 saturated heterocycles. The van der Waals surface area contributed by atoms with Crippen LogP contribution in [0.15, 0.2) is 47.4 Å². The highest BCUT2D eigenvalue weighted by atomic mass is 32.2. The average molecular weight is 391 g/mol. The van der Waals surface area contributed by atoms with Gasteiger partial charge >= 0.3 is 0 Å². The molecule has 27 heavy (non-hydrogen) atoms. The molecule has 0 unspecified atom stereocenters. The van der Waals surface area contributed by atoms with E-state index in [1.54, 1.807) is 24.3 Å². The topological polar surface area (TPSA) is 84.5 Å². The lowest BCUT2D eigenvalue weighted by Gasteiger charge is -2.19. The van der Waals surface area contributed by atoms with Crippen LogP contribution in [0, 0.1) is 13.8 Å². The summed E-state index contributed by atoms with van der Waals surface area (Å²) in [5.41, 5.74) is 5.15. The van der Waals surface area contributed by atoms with Gasteiger partial charge in [-0.15, -0.1) is 4.83 Å². The first-order chi connectivity index (χ1) is 12.5. The van der Waals surface area contributed by atoms with Crippen molar-refractivity contribution in [1.29, 1.82) is 0 Å². The molecule has 6 nitrogen and oxygen atoms in total. The van der Waals surface area contributed by atoms with Crippen molar-refractivity contribution in [1.82, 2.24) is 10.3 Å². The summed E-state index contributed by atoms with van der Waals surface area (Å²) < 4.78 is 30.0. The third kappa shape index (κ3) is 6.08. The van der Waals surface area contributed by atoms with Gasteiger partial charge in [0.05, 0.1) is 4.90 Å². The predicted molar refractivity (Wildman–Crippen MR) is 105 cm³/mol. The van der Waals surface area contributed by atoms with Crippen LogP contribution in [0.1, 0.15) is 37.5 Å². The van der Waals surface area contributed by atoms with Crippen molar-refractivity contribution in [2.75, 3.05) is 6.61 Å². The molecule has 0 saturated carbocycles. The highest BCUT2D eigenvalue weighted by molar-refractivity contribution is 7.89. The lowest BCUT2D eigenvalue weighted by atomic mass is 9.87. The van der Waals surface area contributed by atoms with Gasteiger partial charge in [-0.05, 0) is 60.2 Å². The molecule has 2 N–H and O–H groups in total. The number of aryl methyl sites for hydroxylation is 2. The summed E-state index contributed by atoms with van der Waals surface area (Å²) >= 11 is 0. The van der Waals surface area contributed by atoms with Crippen molar-refractivity contribution in [3.63, 3.8) is 0 Å². The Morgan fingerprint density at radius 2 is 1.56 bits per heavy atom. The Morgan fingerprint density at radius 1 is 1.00 bits per heavy atom. The number of amides is 1. The number of carbonyl (C=O) groups excluding carboxylic acids is 1. The van der Waals surface area contributed by atoms with E-state index in [0.29, 0.717) is 5.75 Å². The number of hydrazine groups is 1. The Labute approximate surface area is 161 Å². The quantitative estimate of drug-likeness (QED) is 0.743. The monoisotopic (exact) mass is 390 g/mol. The van der Waals surface area contributed by atoms with Crippen LogP contribution in [0.4, 0.5) is 0 Å². The van der Waals surface area contributed by atoms with Crippen molar-refractivity contribution >= 4 is 15.9 Å². The molecule has 0 aliphatic heterocycles. The number of ether oxygens (including phenoxy) is 1. The Bertz CT molecular complexity index is 894. The molecule has 2 aromatic rings. The highest BCUT2D eigenvalue weighted by Crippen LogP contribution is 2.23. The van der Waals surface area contributed by atoms with E-state index in [1.165, 1.54) is 12.1 Å². The fraction of sp³-hybridized carbons (Fsp3) is 0.350. The van der Waals surface area contributed by atoms with Gasteiger partial charge in [0.1, 0.15) is 5.75 Å². The molecule has 1 amide bonds. The molecule has 146 valence electrons. The lowest BCUT2D eigenvalue weighted by molar-refractivity contribution is -0.123. The molecule has 0 aliphatic carbocycles. The molecule has 0 bridgehead atoms. The second kappa shape index (κ2) is 8.10. The molecule has 0 heterocycles. The maximum Gasteiger partial charge on any atom is 0.272 e. The minimum absolute atomic E-state index is 0.0740. The first kappa shape index (κ1) is 20.9. The highest BCUT2D eigenvalue weighted by Gasteiger charge is 2.18. The summed E-state index contributed by atoms with van der Waals surface area (Å²) in [6, 6.07) is 12.2. The van der Waals surface area contributed by atoms with Crippen LogP contribution in [-0.4, -0.2) is 20.9 Å². The number of nitrogens with one attached hydrogen (secondary N) is 2. The fourth-order valence-corrected chi connectivity index (χ4v) is 3.38. The Kier molecular flexibility index (Phi) is 6.28. The zero-order valence-corrected chi connectivity index (χ0v) is 17.1. The number of hydrogen-bond acceptors (Lipinski definition) is 4. The maximum absolute atomic E-state index is 12.3. The molecule has 0 aliphatic rings. The van der Waals surface area contributed by atoms with Gasteiger partial charge in [-0.2, -0.15) is 0 Å². The molecule has 2 rings (SSSR count). The standard InChI is InChI=1S/C20H26N2O4S/c1-14-10-15(2)12-17(11-14)26-13-19(23)21-22-27(24,25)18-8-6-16(7-9-18)20(3,4)5/h6-12,22H,13H2,1-5H3,(H,21,23). The number of sulfonamides is 1. The Morgan fingerprint density at radius 3 is 2.07 bits per heavy atom. The molecule has 0 fully saturated rings. The van der Waals surface area contributed by atoms with Gasteiger partial charge in [-0.3, -0.25) is 10.2 Å². The van der Waals surface area contributed by atoms with Gasteiger partial charge < -0.3 is 4.74 Å². The smallest absolute Gasteiger partial charge is 0.272 e. The van der Waals surface area contributed by atoms with Crippen LogP contribution < -0.4 is 15.0 Å². The SMILES string of the molecule is Cc1cc(C)cc(OCC(=O)NNS(=O)(=O)c2ccc(C(C)(C)C)cc2)c1. The molecule has 0 atom stereocenters. The van der Waals surface area contributed by atoms with Gasteiger partial charge in [-0.1, -0.05) is 39.0 Å². The van der Waals surface area contributed by atoms with Crippen molar-refractivity contribution in [3.05, 3.63) is 59.2 Å². The summed E-state index contributed by atoms with van der Waals surface area (Å²) in [4.78, 5) is 14.0. The van der Waals surface area contributed by atoms with Crippen molar-refractivity contribution in [3.8, 4) is 5.75 Å². The van der Waals surface area contributed by atoms with E-state index < -0.39 is 15.9 Å². The zero-order valence-electron chi connectivity index (χ0n) is 16.3. The maximum atomic E-state index is 12.3.